The van der Waals surface area contributed by atoms with Crippen LogP contribution in [-0.4, -0.2) is 29.0 Å². The van der Waals surface area contributed by atoms with Gasteiger partial charge in [-0.15, -0.1) is 0 Å². The molecule has 0 nitrogen and oxygen atoms in total. The summed E-state index contributed by atoms with van der Waals surface area (Å²) < 4.78 is 3.31. The second-order valence-corrected chi connectivity index (χ2v) is 16.9. The first-order valence-electron chi connectivity index (χ1n) is 4.74. The molecule has 0 radical (unpaired) electrons. The van der Waals surface area contributed by atoms with Crippen molar-refractivity contribution in [3.05, 3.63) is 54.6 Å². The van der Waals surface area contributed by atoms with Gasteiger partial charge in [-0.05, 0) is 0 Å². The molecule has 74 valence electrons. The Balaban J connectivity index is 1.91. The third-order valence-corrected chi connectivity index (χ3v) is 17.9. The van der Waals surface area contributed by atoms with E-state index in [4.69, 9.17) is 0 Å². The van der Waals surface area contributed by atoms with E-state index in [0.717, 1.165) is 0 Å². The van der Waals surface area contributed by atoms with E-state index in [1.54, 1.807) is 14.2 Å². The maximum atomic E-state index is 2.32. The standard InChI is InChI=1S/C12H9PSe2/c1-2-6-10(7-3-1)13-14-11-8-4-5-9-12(11)15-13/h1-9H. The molecule has 0 aromatic heterocycles. The van der Waals surface area contributed by atoms with Crippen molar-refractivity contribution in [3.63, 3.8) is 0 Å². The molecule has 0 saturated carbocycles. The number of hydrogen-bond acceptors (Lipinski definition) is 0. The van der Waals surface area contributed by atoms with Gasteiger partial charge in [0.25, 0.3) is 0 Å². The molecule has 1 heterocycles. The molecule has 0 aliphatic carbocycles. The quantitative estimate of drug-likeness (QED) is 0.536. The van der Waals surface area contributed by atoms with Crippen LogP contribution in [0.5, 0.6) is 0 Å². The predicted molar refractivity (Wildman–Crippen MR) is 70.2 cm³/mol. The van der Waals surface area contributed by atoms with Crippen molar-refractivity contribution in [2.75, 3.05) is 0 Å². The van der Waals surface area contributed by atoms with Crippen LogP contribution in [0.3, 0.4) is 0 Å². The fourth-order valence-corrected chi connectivity index (χ4v) is 19.5. The van der Waals surface area contributed by atoms with Crippen molar-refractivity contribution in [2.24, 2.45) is 0 Å². The van der Waals surface area contributed by atoms with Gasteiger partial charge >= 0.3 is 103 Å². The Morgan fingerprint density at radius 2 is 1.20 bits per heavy atom. The van der Waals surface area contributed by atoms with Gasteiger partial charge in [0.2, 0.25) is 0 Å². The van der Waals surface area contributed by atoms with Crippen molar-refractivity contribution >= 4 is 48.6 Å². The van der Waals surface area contributed by atoms with Gasteiger partial charge in [-0.2, -0.15) is 0 Å². The second-order valence-electron chi connectivity index (χ2n) is 3.22. The Bertz CT molecular complexity index is 445. The molecule has 0 spiro atoms. The Morgan fingerprint density at radius 1 is 0.667 bits per heavy atom. The third kappa shape index (κ3) is 2.06. The summed E-state index contributed by atoms with van der Waals surface area (Å²) in [6.45, 7) is 0. The average molecular weight is 342 g/mol. The maximum absolute atomic E-state index is 2.32. The SMILES string of the molecule is c1ccc(P2[Se]c3ccccc3[Se]2)cc1. The van der Waals surface area contributed by atoms with Gasteiger partial charge in [-0.1, -0.05) is 0 Å². The van der Waals surface area contributed by atoms with Crippen LogP contribution < -0.4 is 14.2 Å². The van der Waals surface area contributed by atoms with Crippen molar-refractivity contribution < 1.29 is 0 Å². The van der Waals surface area contributed by atoms with E-state index in [9.17, 15) is 0 Å². The third-order valence-electron chi connectivity index (χ3n) is 2.18. The number of benzene rings is 2. The summed E-state index contributed by atoms with van der Waals surface area (Å²) >= 11 is 1.43. The van der Waals surface area contributed by atoms with Crippen LogP contribution in [0.4, 0.5) is 0 Å². The molecule has 15 heavy (non-hydrogen) atoms. The van der Waals surface area contributed by atoms with E-state index in [0.29, 0.717) is 29.0 Å². The van der Waals surface area contributed by atoms with Crippen LogP contribution in [-0.2, 0) is 0 Å². The van der Waals surface area contributed by atoms with E-state index in [2.05, 4.69) is 54.6 Å². The summed E-state index contributed by atoms with van der Waals surface area (Å²) in [5.74, 6) is 0. The van der Waals surface area contributed by atoms with Crippen molar-refractivity contribution in [1.82, 2.24) is 0 Å². The normalized spacial score (nSPS) is 15.2. The summed E-state index contributed by atoms with van der Waals surface area (Å²) in [5, 5.41) is 1.76. The monoisotopic (exact) mass is 344 g/mol. The van der Waals surface area contributed by atoms with Crippen molar-refractivity contribution in [2.45, 2.75) is 0 Å². The van der Waals surface area contributed by atoms with E-state index in [1.807, 2.05) is 0 Å². The Hall–Kier alpha value is -0.0910. The molecule has 1 aliphatic rings. The Labute approximate surface area is 103 Å². The van der Waals surface area contributed by atoms with E-state index in [1.165, 1.54) is 0 Å². The van der Waals surface area contributed by atoms with E-state index in [-0.39, 0.29) is 5.30 Å². The zero-order chi connectivity index (χ0) is 10.1. The molecule has 0 fully saturated rings. The molecule has 0 saturated heterocycles. The average Bonchev–Trinajstić information content (AvgIpc) is 2.74. The first-order chi connectivity index (χ1) is 7.43. The van der Waals surface area contributed by atoms with Crippen LogP contribution in [0.2, 0.25) is 0 Å². The van der Waals surface area contributed by atoms with Crippen LogP contribution in [0, 0.1) is 0 Å². The fraction of sp³-hybridized carbons (Fsp3) is 0. The summed E-state index contributed by atoms with van der Waals surface area (Å²) in [4.78, 5) is 0. The van der Waals surface area contributed by atoms with Gasteiger partial charge in [-0.25, -0.2) is 0 Å². The zero-order valence-corrected chi connectivity index (χ0v) is 12.3. The number of rotatable bonds is 1. The molecule has 0 atom stereocenters. The van der Waals surface area contributed by atoms with E-state index < -0.39 is 0 Å². The molecule has 2 aromatic rings. The van der Waals surface area contributed by atoms with Crippen molar-refractivity contribution in [1.29, 1.82) is 0 Å². The summed E-state index contributed by atoms with van der Waals surface area (Å²) in [6.07, 6.45) is 0. The van der Waals surface area contributed by atoms with Gasteiger partial charge < -0.3 is 0 Å². The summed E-state index contributed by atoms with van der Waals surface area (Å²) in [5.41, 5.74) is 0. The second kappa shape index (κ2) is 4.42. The number of fused-ring (bicyclic) bond motifs is 1. The summed E-state index contributed by atoms with van der Waals surface area (Å²) in [6, 6.07) is 20.1. The first-order valence-corrected chi connectivity index (χ1v) is 12.2. The molecule has 0 unspecified atom stereocenters. The Morgan fingerprint density at radius 3 is 1.80 bits per heavy atom. The van der Waals surface area contributed by atoms with Crippen LogP contribution in [0.1, 0.15) is 0 Å². The van der Waals surface area contributed by atoms with Crippen LogP contribution >= 0.6 is 5.30 Å². The molecule has 0 bridgehead atoms. The first kappa shape index (κ1) is 10.1. The van der Waals surface area contributed by atoms with Gasteiger partial charge in [0, 0.05) is 0 Å². The number of hydrogen-bond donors (Lipinski definition) is 0. The van der Waals surface area contributed by atoms with Gasteiger partial charge in [-0.3, -0.25) is 0 Å². The molecule has 3 rings (SSSR count). The van der Waals surface area contributed by atoms with Crippen molar-refractivity contribution in [3.8, 4) is 0 Å². The van der Waals surface area contributed by atoms with Crippen LogP contribution in [0.15, 0.2) is 54.6 Å². The zero-order valence-electron chi connectivity index (χ0n) is 7.96. The fourth-order valence-electron chi connectivity index (χ4n) is 1.45. The molecular weight excluding hydrogens is 333 g/mol. The summed E-state index contributed by atoms with van der Waals surface area (Å²) in [7, 11) is 0. The molecule has 2 aromatic carbocycles. The molecule has 0 N–H and O–H groups in total. The molecule has 3 heteroatoms. The molecule has 0 amide bonds. The Kier molecular flexibility index (Phi) is 2.97. The molecule has 1 aliphatic heterocycles. The molecular formula is C12H9PSe2. The van der Waals surface area contributed by atoms with Gasteiger partial charge in [0.15, 0.2) is 0 Å². The van der Waals surface area contributed by atoms with E-state index >= 15 is 0 Å². The minimum absolute atomic E-state index is 0.158. The minimum atomic E-state index is 0.158. The topological polar surface area (TPSA) is 0 Å². The van der Waals surface area contributed by atoms with Crippen LogP contribution in [0.25, 0.3) is 0 Å². The predicted octanol–water partition coefficient (Wildman–Crippen LogP) is 0.997. The van der Waals surface area contributed by atoms with Gasteiger partial charge in [0.1, 0.15) is 0 Å². The van der Waals surface area contributed by atoms with Gasteiger partial charge in [0.05, 0.1) is 0 Å².